The number of carbonyl (C=O) groups is 3. The highest BCUT2D eigenvalue weighted by Gasteiger charge is 2.20. The Labute approximate surface area is 206 Å². The van der Waals surface area contributed by atoms with Crippen LogP contribution in [0.1, 0.15) is 44.7 Å². The van der Waals surface area contributed by atoms with Crippen molar-refractivity contribution in [3.05, 3.63) is 94.4 Å². The zero-order chi connectivity index (χ0) is 24.9. The van der Waals surface area contributed by atoms with Crippen LogP contribution in [-0.2, 0) is 16.1 Å². The number of aryl methyl sites for hydroxylation is 2. The summed E-state index contributed by atoms with van der Waals surface area (Å²) in [5, 5.41) is 4.95. The highest BCUT2D eigenvalue weighted by molar-refractivity contribution is 7.14. The summed E-state index contributed by atoms with van der Waals surface area (Å²) in [6, 6.07) is 15.4. The fourth-order valence-corrected chi connectivity index (χ4v) is 4.31. The molecule has 0 radical (unpaired) electrons. The van der Waals surface area contributed by atoms with Crippen molar-refractivity contribution in [3.8, 4) is 0 Å². The number of benzene rings is 2. The van der Waals surface area contributed by atoms with Gasteiger partial charge in [0, 0.05) is 18.0 Å². The lowest BCUT2D eigenvalue weighted by Gasteiger charge is -2.20. The van der Waals surface area contributed by atoms with E-state index in [0.717, 1.165) is 16.8 Å². The first-order valence-corrected chi connectivity index (χ1v) is 11.6. The maximum Gasteiger partial charge on any atom is 0.338 e. The predicted octanol–water partition coefficient (Wildman–Crippen LogP) is 5.65. The molecule has 35 heavy (non-hydrogen) atoms. The Morgan fingerprint density at radius 3 is 2.51 bits per heavy atom. The highest BCUT2D eigenvalue weighted by Crippen LogP contribution is 2.32. The van der Waals surface area contributed by atoms with Crippen LogP contribution in [-0.4, -0.2) is 22.8 Å². The SMILES string of the molecule is CC(=O)N(c1nc(COC(=O)c2ccc(NC(=O)c3ccco3)cc2)cs1)c1ccc(C)cc1C. The van der Waals surface area contributed by atoms with E-state index < -0.39 is 5.97 Å². The van der Waals surface area contributed by atoms with E-state index in [-0.39, 0.29) is 24.2 Å². The van der Waals surface area contributed by atoms with Crippen LogP contribution in [0.25, 0.3) is 0 Å². The number of furan rings is 1. The minimum absolute atomic E-state index is 0.0368. The van der Waals surface area contributed by atoms with E-state index in [4.69, 9.17) is 9.15 Å². The molecule has 0 unspecified atom stereocenters. The number of anilines is 3. The fraction of sp³-hybridized carbons (Fsp3) is 0.154. The van der Waals surface area contributed by atoms with Gasteiger partial charge in [-0.05, 0) is 61.9 Å². The number of ether oxygens (including phenoxy) is 1. The number of rotatable bonds is 7. The summed E-state index contributed by atoms with van der Waals surface area (Å²) in [6.07, 6.45) is 1.42. The molecular formula is C26H23N3O5S. The van der Waals surface area contributed by atoms with Gasteiger partial charge in [-0.15, -0.1) is 11.3 Å². The van der Waals surface area contributed by atoms with Crippen molar-refractivity contribution in [3.63, 3.8) is 0 Å². The second-order valence-corrected chi connectivity index (χ2v) is 8.69. The van der Waals surface area contributed by atoms with E-state index in [1.807, 2.05) is 32.0 Å². The molecule has 4 rings (SSSR count). The molecular weight excluding hydrogens is 466 g/mol. The zero-order valence-corrected chi connectivity index (χ0v) is 20.2. The Hall–Kier alpha value is -4.24. The standard InChI is InChI=1S/C26H23N3O5S/c1-16-6-11-22(17(2)13-16)29(18(3)30)26-28-21(15-35-26)14-34-25(32)19-7-9-20(10-8-19)27-24(31)23-5-4-12-33-23/h4-13,15H,14H2,1-3H3,(H,27,31). The molecule has 0 saturated heterocycles. The van der Waals surface area contributed by atoms with Gasteiger partial charge >= 0.3 is 5.97 Å². The van der Waals surface area contributed by atoms with Crippen LogP contribution in [0.4, 0.5) is 16.5 Å². The summed E-state index contributed by atoms with van der Waals surface area (Å²) in [7, 11) is 0. The van der Waals surface area contributed by atoms with E-state index in [1.165, 1.54) is 24.5 Å². The van der Waals surface area contributed by atoms with Crippen molar-refractivity contribution in [2.45, 2.75) is 27.4 Å². The van der Waals surface area contributed by atoms with E-state index >= 15 is 0 Å². The summed E-state index contributed by atoms with van der Waals surface area (Å²) >= 11 is 1.30. The molecule has 178 valence electrons. The molecule has 0 aliphatic heterocycles. The van der Waals surface area contributed by atoms with Crippen LogP contribution < -0.4 is 10.2 Å². The molecule has 8 nitrogen and oxygen atoms in total. The second-order valence-electron chi connectivity index (χ2n) is 7.85. The van der Waals surface area contributed by atoms with E-state index in [2.05, 4.69) is 10.3 Å². The first kappa shape index (κ1) is 23.9. The lowest BCUT2D eigenvalue weighted by molar-refractivity contribution is -0.115. The quantitative estimate of drug-likeness (QED) is 0.337. The van der Waals surface area contributed by atoms with Crippen molar-refractivity contribution in [2.75, 3.05) is 10.2 Å². The first-order chi connectivity index (χ1) is 16.8. The molecule has 2 heterocycles. The van der Waals surface area contributed by atoms with Gasteiger partial charge in [-0.1, -0.05) is 17.7 Å². The van der Waals surface area contributed by atoms with Gasteiger partial charge in [0.15, 0.2) is 10.9 Å². The van der Waals surface area contributed by atoms with E-state index in [0.29, 0.717) is 22.1 Å². The number of hydrogen-bond acceptors (Lipinski definition) is 7. The Balaban J connectivity index is 1.38. The van der Waals surface area contributed by atoms with Gasteiger partial charge in [-0.3, -0.25) is 14.5 Å². The molecule has 0 saturated carbocycles. The van der Waals surface area contributed by atoms with Gasteiger partial charge in [0.2, 0.25) is 5.91 Å². The topological polar surface area (TPSA) is 102 Å². The molecule has 0 spiro atoms. The van der Waals surface area contributed by atoms with Crippen LogP contribution >= 0.6 is 11.3 Å². The van der Waals surface area contributed by atoms with Crippen LogP contribution in [0.3, 0.4) is 0 Å². The number of nitrogens with one attached hydrogen (secondary N) is 1. The molecule has 2 aromatic heterocycles. The number of aromatic nitrogens is 1. The van der Waals surface area contributed by atoms with Crippen molar-refractivity contribution in [2.24, 2.45) is 0 Å². The lowest BCUT2D eigenvalue weighted by Crippen LogP contribution is -2.23. The molecule has 0 aliphatic carbocycles. The van der Waals surface area contributed by atoms with Crippen LogP contribution in [0.15, 0.2) is 70.7 Å². The summed E-state index contributed by atoms with van der Waals surface area (Å²) in [5.74, 6) is -0.877. The average Bonchev–Trinajstić information content (AvgIpc) is 3.52. The first-order valence-electron chi connectivity index (χ1n) is 10.8. The zero-order valence-electron chi connectivity index (χ0n) is 19.4. The minimum atomic E-state index is -0.527. The number of hydrogen-bond donors (Lipinski definition) is 1. The van der Waals surface area contributed by atoms with E-state index in [1.54, 1.807) is 46.7 Å². The fourth-order valence-electron chi connectivity index (χ4n) is 3.44. The van der Waals surface area contributed by atoms with Gasteiger partial charge in [0.1, 0.15) is 6.61 Å². The van der Waals surface area contributed by atoms with Crippen molar-refractivity contribution in [1.82, 2.24) is 4.98 Å². The Kier molecular flexibility index (Phi) is 7.07. The third-order valence-electron chi connectivity index (χ3n) is 5.11. The van der Waals surface area contributed by atoms with Gasteiger partial charge in [-0.25, -0.2) is 9.78 Å². The van der Waals surface area contributed by atoms with Crippen LogP contribution in [0.2, 0.25) is 0 Å². The van der Waals surface area contributed by atoms with Crippen molar-refractivity contribution >= 4 is 45.6 Å². The predicted molar refractivity (Wildman–Crippen MR) is 133 cm³/mol. The molecule has 2 aromatic carbocycles. The summed E-state index contributed by atoms with van der Waals surface area (Å²) in [5.41, 5.74) is 4.22. The number of carbonyl (C=O) groups excluding carboxylic acids is 3. The molecule has 9 heteroatoms. The van der Waals surface area contributed by atoms with E-state index in [9.17, 15) is 14.4 Å². The molecule has 0 atom stereocenters. The van der Waals surface area contributed by atoms with Crippen LogP contribution in [0.5, 0.6) is 0 Å². The summed E-state index contributed by atoms with van der Waals surface area (Å²) in [4.78, 5) is 42.9. The van der Waals surface area contributed by atoms with Gasteiger partial charge < -0.3 is 14.5 Å². The van der Waals surface area contributed by atoms with Gasteiger partial charge in [0.25, 0.3) is 5.91 Å². The maximum absolute atomic E-state index is 12.5. The normalized spacial score (nSPS) is 10.6. The molecule has 4 aromatic rings. The van der Waals surface area contributed by atoms with Crippen molar-refractivity contribution in [1.29, 1.82) is 0 Å². The third-order valence-corrected chi connectivity index (χ3v) is 5.99. The number of thiazole rings is 1. The smallest absolute Gasteiger partial charge is 0.338 e. The largest absolute Gasteiger partial charge is 0.459 e. The molecule has 0 fully saturated rings. The second kappa shape index (κ2) is 10.4. The maximum atomic E-state index is 12.5. The molecule has 0 aliphatic rings. The highest BCUT2D eigenvalue weighted by atomic mass is 32.1. The molecule has 2 amide bonds. The third kappa shape index (κ3) is 5.64. The Bertz CT molecular complexity index is 1360. The molecule has 1 N–H and O–H groups in total. The van der Waals surface area contributed by atoms with Crippen molar-refractivity contribution < 1.29 is 23.5 Å². The minimum Gasteiger partial charge on any atom is -0.459 e. The Morgan fingerprint density at radius 1 is 1.09 bits per heavy atom. The van der Waals surface area contributed by atoms with Gasteiger partial charge in [-0.2, -0.15) is 0 Å². The number of esters is 1. The summed E-state index contributed by atoms with van der Waals surface area (Å²) in [6.45, 7) is 5.39. The monoisotopic (exact) mass is 489 g/mol. The number of nitrogens with zero attached hydrogens (tertiary/aromatic N) is 2. The lowest BCUT2D eigenvalue weighted by atomic mass is 10.1. The summed E-state index contributed by atoms with van der Waals surface area (Å²) < 4.78 is 10.4. The molecule has 0 bridgehead atoms. The number of amides is 2. The van der Waals surface area contributed by atoms with Crippen LogP contribution in [0, 0.1) is 13.8 Å². The Morgan fingerprint density at radius 2 is 1.86 bits per heavy atom. The van der Waals surface area contributed by atoms with Gasteiger partial charge in [0.05, 0.1) is 23.2 Å². The average molecular weight is 490 g/mol.